The van der Waals surface area contributed by atoms with Crippen molar-refractivity contribution in [1.29, 1.82) is 0 Å². The molecule has 1 N–H and O–H groups in total. The molecule has 2 amide bonds. The number of hydrogen-bond donors (Lipinski definition) is 1. The summed E-state index contributed by atoms with van der Waals surface area (Å²) in [6.45, 7) is -1.06. The molecule has 1 heterocycles. The summed E-state index contributed by atoms with van der Waals surface area (Å²) in [5, 5.41) is 2.68. The zero-order valence-corrected chi connectivity index (χ0v) is 13.1. The van der Waals surface area contributed by atoms with Crippen LogP contribution < -0.4 is 5.32 Å². The van der Waals surface area contributed by atoms with Gasteiger partial charge in [-0.15, -0.1) is 11.8 Å². The standard InChI is InChI=1S/C15H17F3N2O2S/c16-15(17,18)10-20-9-11(8-13(20)21)14(22)19-6-7-23-12-4-2-1-3-5-12/h1-5,11H,6-10H2,(H,19,22)/t11-/m1/s1. The molecule has 1 saturated heterocycles. The minimum atomic E-state index is -4.44. The van der Waals surface area contributed by atoms with Gasteiger partial charge in [-0.3, -0.25) is 9.59 Å². The number of hydrogen-bond acceptors (Lipinski definition) is 3. The highest BCUT2D eigenvalue weighted by Crippen LogP contribution is 2.24. The Kier molecular flexibility index (Phi) is 5.92. The highest BCUT2D eigenvalue weighted by molar-refractivity contribution is 7.99. The van der Waals surface area contributed by atoms with Crippen LogP contribution in [0.25, 0.3) is 0 Å². The van der Waals surface area contributed by atoms with Crippen molar-refractivity contribution in [1.82, 2.24) is 10.2 Å². The van der Waals surface area contributed by atoms with Gasteiger partial charge in [0.25, 0.3) is 0 Å². The highest BCUT2D eigenvalue weighted by Gasteiger charge is 2.40. The average Bonchev–Trinajstić information content (AvgIpc) is 2.84. The summed E-state index contributed by atoms with van der Waals surface area (Å²) in [6.07, 6.45) is -4.60. The average molecular weight is 346 g/mol. The molecule has 1 aromatic carbocycles. The van der Waals surface area contributed by atoms with Gasteiger partial charge < -0.3 is 10.2 Å². The zero-order valence-electron chi connectivity index (χ0n) is 12.3. The lowest BCUT2D eigenvalue weighted by Crippen LogP contribution is -2.37. The van der Waals surface area contributed by atoms with E-state index in [0.717, 1.165) is 4.90 Å². The summed E-state index contributed by atoms with van der Waals surface area (Å²) in [4.78, 5) is 25.2. The Bertz CT molecular complexity index is 551. The third kappa shape index (κ3) is 5.78. The zero-order chi connectivity index (χ0) is 16.9. The minimum absolute atomic E-state index is 0.159. The molecule has 4 nitrogen and oxygen atoms in total. The monoisotopic (exact) mass is 346 g/mol. The van der Waals surface area contributed by atoms with Crippen LogP contribution in [0.5, 0.6) is 0 Å². The largest absolute Gasteiger partial charge is 0.406 e. The Hall–Kier alpha value is -1.70. The predicted molar refractivity (Wildman–Crippen MR) is 80.9 cm³/mol. The van der Waals surface area contributed by atoms with Crippen molar-refractivity contribution < 1.29 is 22.8 Å². The van der Waals surface area contributed by atoms with E-state index in [1.54, 1.807) is 11.8 Å². The van der Waals surface area contributed by atoms with Gasteiger partial charge in [-0.25, -0.2) is 0 Å². The fourth-order valence-electron chi connectivity index (χ4n) is 2.32. The second-order valence-corrected chi connectivity index (χ2v) is 6.41. The van der Waals surface area contributed by atoms with Crippen molar-refractivity contribution in [2.75, 3.05) is 25.4 Å². The molecule has 0 bridgehead atoms. The Morgan fingerprint density at radius 2 is 2.00 bits per heavy atom. The number of nitrogens with zero attached hydrogens (tertiary/aromatic N) is 1. The number of alkyl halides is 3. The van der Waals surface area contributed by atoms with E-state index < -0.39 is 24.5 Å². The lowest BCUT2D eigenvalue weighted by molar-refractivity contribution is -0.157. The number of carbonyl (C=O) groups is 2. The van der Waals surface area contributed by atoms with Crippen molar-refractivity contribution in [3.63, 3.8) is 0 Å². The van der Waals surface area contributed by atoms with Crippen LogP contribution in [0.4, 0.5) is 13.2 Å². The molecule has 0 saturated carbocycles. The normalized spacial score (nSPS) is 18.3. The Labute approximate surface area is 136 Å². The molecule has 1 aliphatic heterocycles. The molecular weight excluding hydrogens is 329 g/mol. The van der Waals surface area contributed by atoms with Gasteiger partial charge in [0, 0.05) is 30.2 Å². The molecular formula is C15H17F3N2O2S. The quantitative estimate of drug-likeness (QED) is 0.635. The van der Waals surface area contributed by atoms with Crippen molar-refractivity contribution in [2.45, 2.75) is 17.5 Å². The molecule has 1 aromatic rings. The first-order valence-electron chi connectivity index (χ1n) is 7.15. The van der Waals surface area contributed by atoms with E-state index in [1.807, 2.05) is 30.3 Å². The van der Waals surface area contributed by atoms with Gasteiger partial charge in [0.1, 0.15) is 6.54 Å². The van der Waals surface area contributed by atoms with Crippen molar-refractivity contribution >= 4 is 23.6 Å². The van der Waals surface area contributed by atoms with Crippen molar-refractivity contribution in [2.24, 2.45) is 5.92 Å². The molecule has 0 aromatic heterocycles. The van der Waals surface area contributed by atoms with Crippen LogP contribution in [0.2, 0.25) is 0 Å². The molecule has 126 valence electrons. The summed E-state index contributed by atoms with van der Waals surface area (Å²) < 4.78 is 37.0. The molecule has 8 heteroatoms. The number of amides is 2. The maximum absolute atomic E-state index is 12.3. The van der Waals surface area contributed by atoms with Gasteiger partial charge in [-0.2, -0.15) is 13.2 Å². The first-order valence-corrected chi connectivity index (χ1v) is 8.14. The van der Waals surface area contributed by atoms with Gasteiger partial charge in [0.05, 0.1) is 5.92 Å². The van der Waals surface area contributed by atoms with Gasteiger partial charge in [0.2, 0.25) is 11.8 Å². The number of benzene rings is 1. The van der Waals surface area contributed by atoms with Crippen molar-refractivity contribution in [3.8, 4) is 0 Å². The molecule has 0 unspecified atom stereocenters. The summed E-state index contributed by atoms with van der Waals surface area (Å²) in [6, 6.07) is 9.66. The lowest BCUT2D eigenvalue weighted by Gasteiger charge is -2.18. The smallest absolute Gasteiger partial charge is 0.355 e. The molecule has 1 atom stereocenters. The SMILES string of the molecule is O=C(NCCSc1ccccc1)[C@@H]1CC(=O)N(CC(F)(F)F)C1. The maximum Gasteiger partial charge on any atom is 0.406 e. The molecule has 1 fully saturated rings. The lowest BCUT2D eigenvalue weighted by atomic mass is 10.1. The van der Waals surface area contributed by atoms with E-state index in [2.05, 4.69) is 5.32 Å². The first-order chi connectivity index (χ1) is 10.8. The Morgan fingerprint density at radius 1 is 1.30 bits per heavy atom. The van der Waals surface area contributed by atoms with E-state index in [1.165, 1.54) is 0 Å². The van der Waals surface area contributed by atoms with Gasteiger partial charge in [-0.1, -0.05) is 18.2 Å². The minimum Gasteiger partial charge on any atom is -0.355 e. The molecule has 0 spiro atoms. The first kappa shape index (κ1) is 17.7. The number of halogens is 3. The van der Waals surface area contributed by atoms with Crippen LogP contribution in [-0.4, -0.2) is 48.3 Å². The number of rotatable bonds is 6. The maximum atomic E-state index is 12.3. The molecule has 0 radical (unpaired) electrons. The van der Waals surface area contributed by atoms with E-state index in [4.69, 9.17) is 0 Å². The van der Waals surface area contributed by atoms with Crippen LogP contribution in [0.15, 0.2) is 35.2 Å². The molecule has 0 aliphatic carbocycles. The summed E-state index contributed by atoms with van der Waals surface area (Å²) in [5.74, 6) is -1.03. The van der Waals surface area contributed by atoms with Crippen LogP contribution >= 0.6 is 11.8 Å². The predicted octanol–water partition coefficient (Wildman–Crippen LogP) is 2.31. The number of nitrogens with one attached hydrogen (secondary N) is 1. The summed E-state index contributed by atoms with van der Waals surface area (Å²) >= 11 is 1.57. The molecule has 2 rings (SSSR count). The topological polar surface area (TPSA) is 49.4 Å². The Balaban J connectivity index is 1.71. The number of likely N-dealkylation sites (tertiary alicyclic amines) is 1. The van der Waals surface area contributed by atoms with E-state index in [-0.39, 0.29) is 18.9 Å². The van der Waals surface area contributed by atoms with Gasteiger partial charge >= 0.3 is 6.18 Å². The molecule has 1 aliphatic rings. The van der Waals surface area contributed by atoms with E-state index >= 15 is 0 Å². The van der Waals surface area contributed by atoms with Crippen LogP contribution in [0.1, 0.15) is 6.42 Å². The third-order valence-corrected chi connectivity index (χ3v) is 4.38. The van der Waals surface area contributed by atoms with Gasteiger partial charge in [0.15, 0.2) is 0 Å². The fourth-order valence-corrected chi connectivity index (χ4v) is 3.11. The van der Waals surface area contributed by atoms with Crippen LogP contribution in [0.3, 0.4) is 0 Å². The van der Waals surface area contributed by atoms with Crippen LogP contribution in [-0.2, 0) is 9.59 Å². The number of thioether (sulfide) groups is 1. The summed E-state index contributed by atoms with van der Waals surface area (Å²) in [5.41, 5.74) is 0. The van der Waals surface area contributed by atoms with Crippen molar-refractivity contribution in [3.05, 3.63) is 30.3 Å². The Morgan fingerprint density at radius 3 is 2.65 bits per heavy atom. The fraction of sp³-hybridized carbons (Fsp3) is 0.467. The highest BCUT2D eigenvalue weighted by atomic mass is 32.2. The third-order valence-electron chi connectivity index (χ3n) is 3.37. The second kappa shape index (κ2) is 7.72. The van der Waals surface area contributed by atoms with Crippen LogP contribution in [0, 0.1) is 5.92 Å². The van der Waals surface area contributed by atoms with E-state index in [0.29, 0.717) is 17.2 Å². The number of carbonyl (C=O) groups excluding carboxylic acids is 2. The summed E-state index contributed by atoms with van der Waals surface area (Å²) in [7, 11) is 0. The second-order valence-electron chi connectivity index (χ2n) is 5.24. The molecule has 23 heavy (non-hydrogen) atoms. The van der Waals surface area contributed by atoms with E-state index in [9.17, 15) is 22.8 Å². The van der Waals surface area contributed by atoms with Gasteiger partial charge in [-0.05, 0) is 12.1 Å².